The molecule has 0 unspecified atom stereocenters. The van der Waals surface area contributed by atoms with Crippen LogP contribution in [-0.2, 0) is 0 Å². The van der Waals surface area contributed by atoms with Gasteiger partial charge in [-0.1, -0.05) is 41.5 Å². The maximum Gasteiger partial charge on any atom is 0.0802 e. The van der Waals surface area contributed by atoms with E-state index in [0.717, 1.165) is 0 Å². The average molecular weight is 210 g/mol. The van der Waals surface area contributed by atoms with E-state index in [1.807, 2.05) is 0 Å². The van der Waals surface area contributed by atoms with Crippen molar-refractivity contribution < 1.29 is 5.11 Å². The second-order valence-electron chi connectivity index (χ2n) is 7.68. The van der Waals surface area contributed by atoms with Gasteiger partial charge in [-0.15, -0.1) is 0 Å². The van der Waals surface area contributed by atoms with Crippen LogP contribution in [0.15, 0.2) is 0 Å². The smallest absolute Gasteiger partial charge is 0.0802 e. The number of hydrogen-bond donors (Lipinski definition) is 1. The SMILES string of the molecule is CC(C)(C)[C@@]1(O)C(C)(C)[C@H]2CC[C@]1(C)C2. The molecule has 2 aliphatic carbocycles. The zero-order valence-corrected chi connectivity index (χ0v) is 11.1. The van der Waals surface area contributed by atoms with E-state index in [4.69, 9.17) is 0 Å². The predicted octanol–water partition coefficient (Wildman–Crippen LogP) is 3.61. The summed E-state index contributed by atoms with van der Waals surface area (Å²) in [6.45, 7) is 13.4. The fourth-order valence-electron chi connectivity index (χ4n) is 5.13. The maximum atomic E-state index is 11.3. The molecular formula is C14H26O. The Kier molecular flexibility index (Phi) is 1.99. The molecule has 1 nitrogen and oxygen atoms in total. The molecule has 0 heterocycles. The summed E-state index contributed by atoms with van der Waals surface area (Å²) in [4.78, 5) is 0. The lowest BCUT2D eigenvalue weighted by Crippen LogP contribution is -2.61. The van der Waals surface area contributed by atoms with Crippen molar-refractivity contribution in [3.05, 3.63) is 0 Å². The molecule has 3 atom stereocenters. The number of hydrogen-bond acceptors (Lipinski definition) is 1. The summed E-state index contributed by atoms with van der Waals surface area (Å²) in [6, 6.07) is 0. The Morgan fingerprint density at radius 3 is 1.93 bits per heavy atom. The molecule has 1 heteroatoms. The fourth-order valence-corrected chi connectivity index (χ4v) is 5.13. The Labute approximate surface area is 94.3 Å². The van der Waals surface area contributed by atoms with Crippen molar-refractivity contribution in [3.63, 3.8) is 0 Å². The van der Waals surface area contributed by atoms with E-state index in [0.29, 0.717) is 5.92 Å². The molecule has 2 bridgehead atoms. The zero-order chi connectivity index (χ0) is 11.7. The molecule has 0 amide bonds. The first-order valence-corrected chi connectivity index (χ1v) is 6.29. The van der Waals surface area contributed by atoms with Crippen LogP contribution < -0.4 is 0 Å². The van der Waals surface area contributed by atoms with Gasteiger partial charge in [0.2, 0.25) is 0 Å². The van der Waals surface area contributed by atoms with E-state index in [9.17, 15) is 5.11 Å². The highest BCUT2D eigenvalue weighted by molar-refractivity contribution is 5.21. The standard InChI is InChI=1S/C14H26O/c1-11(2,3)14(15)12(4,5)10-7-8-13(14,6)9-10/h10,15H,7-9H2,1-6H3/t10-,13+,14+/m0/s1. The van der Waals surface area contributed by atoms with Gasteiger partial charge in [0.15, 0.2) is 0 Å². The summed E-state index contributed by atoms with van der Waals surface area (Å²) in [7, 11) is 0. The lowest BCUT2D eigenvalue weighted by molar-refractivity contribution is -0.206. The molecule has 2 fully saturated rings. The van der Waals surface area contributed by atoms with E-state index in [1.54, 1.807) is 0 Å². The van der Waals surface area contributed by atoms with Crippen LogP contribution in [-0.4, -0.2) is 10.7 Å². The normalized spacial score (nSPS) is 48.6. The zero-order valence-electron chi connectivity index (χ0n) is 11.1. The van der Waals surface area contributed by atoms with Gasteiger partial charge in [-0.2, -0.15) is 0 Å². The third-order valence-corrected chi connectivity index (χ3v) is 5.65. The predicted molar refractivity (Wildman–Crippen MR) is 63.6 cm³/mol. The Hall–Kier alpha value is -0.0400. The minimum Gasteiger partial charge on any atom is -0.388 e. The van der Waals surface area contributed by atoms with Crippen LogP contribution in [0.2, 0.25) is 0 Å². The topological polar surface area (TPSA) is 20.2 Å². The molecule has 0 aromatic rings. The molecular weight excluding hydrogens is 184 g/mol. The molecule has 0 aliphatic heterocycles. The van der Waals surface area contributed by atoms with Crippen molar-refractivity contribution in [3.8, 4) is 0 Å². The van der Waals surface area contributed by atoms with E-state index in [1.165, 1.54) is 19.3 Å². The molecule has 2 rings (SSSR count). The van der Waals surface area contributed by atoms with Gasteiger partial charge in [-0.05, 0) is 41.4 Å². The lowest BCUT2D eigenvalue weighted by atomic mass is 9.51. The Morgan fingerprint density at radius 2 is 1.67 bits per heavy atom. The Morgan fingerprint density at radius 1 is 1.13 bits per heavy atom. The van der Waals surface area contributed by atoms with Gasteiger partial charge in [-0.3, -0.25) is 0 Å². The monoisotopic (exact) mass is 210 g/mol. The van der Waals surface area contributed by atoms with Crippen molar-refractivity contribution in [1.29, 1.82) is 0 Å². The summed E-state index contributed by atoms with van der Waals surface area (Å²) < 4.78 is 0. The van der Waals surface area contributed by atoms with Crippen molar-refractivity contribution in [1.82, 2.24) is 0 Å². The van der Waals surface area contributed by atoms with Crippen LogP contribution >= 0.6 is 0 Å². The number of rotatable bonds is 0. The Balaban J connectivity index is 2.55. The molecule has 88 valence electrons. The van der Waals surface area contributed by atoms with Gasteiger partial charge in [0.1, 0.15) is 0 Å². The summed E-state index contributed by atoms with van der Waals surface area (Å²) in [5.74, 6) is 0.715. The van der Waals surface area contributed by atoms with E-state index < -0.39 is 5.60 Å². The Bertz CT molecular complexity index is 279. The van der Waals surface area contributed by atoms with E-state index >= 15 is 0 Å². The van der Waals surface area contributed by atoms with Crippen molar-refractivity contribution >= 4 is 0 Å². The number of fused-ring (bicyclic) bond motifs is 2. The van der Waals surface area contributed by atoms with Crippen LogP contribution in [0.25, 0.3) is 0 Å². The van der Waals surface area contributed by atoms with Gasteiger partial charge in [0.25, 0.3) is 0 Å². The minimum atomic E-state index is -0.518. The van der Waals surface area contributed by atoms with Gasteiger partial charge in [0.05, 0.1) is 5.60 Å². The van der Waals surface area contributed by atoms with Crippen LogP contribution in [0.4, 0.5) is 0 Å². The molecule has 1 N–H and O–H groups in total. The van der Waals surface area contributed by atoms with Crippen LogP contribution in [0.1, 0.15) is 60.8 Å². The summed E-state index contributed by atoms with van der Waals surface area (Å²) in [5, 5.41) is 11.3. The largest absolute Gasteiger partial charge is 0.388 e. The second-order valence-corrected chi connectivity index (χ2v) is 7.68. The van der Waals surface area contributed by atoms with E-state index in [2.05, 4.69) is 41.5 Å². The van der Waals surface area contributed by atoms with Crippen molar-refractivity contribution in [2.24, 2.45) is 22.2 Å². The minimum absolute atomic E-state index is 0.0274. The van der Waals surface area contributed by atoms with E-state index in [-0.39, 0.29) is 16.2 Å². The first-order valence-electron chi connectivity index (χ1n) is 6.29. The second kappa shape index (κ2) is 2.61. The third kappa shape index (κ3) is 1.03. The van der Waals surface area contributed by atoms with Crippen molar-refractivity contribution in [2.45, 2.75) is 66.4 Å². The molecule has 0 radical (unpaired) electrons. The van der Waals surface area contributed by atoms with Gasteiger partial charge < -0.3 is 5.11 Å². The highest BCUT2D eigenvalue weighted by Gasteiger charge is 2.71. The quantitative estimate of drug-likeness (QED) is 0.647. The third-order valence-electron chi connectivity index (χ3n) is 5.65. The highest BCUT2D eigenvalue weighted by atomic mass is 16.3. The summed E-state index contributed by atoms with van der Waals surface area (Å²) in [5.41, 5.74) is -0.339. The molecule has 0 aromatic carbocycles. The lowest BCUT2D eigenvalue weighted by Gasteiger charge is -2.57. The van der Waals surface area contributed by atoms with Crippen LogP contribution in [0.5, 0.6) is 0 Å². The van der Waals surface area contributed by atoms with Gasteiger partial charge in [0, 0.05) is 0 Å². The molecule has 0 spiro atoms. The van der Waals surface area contributed by atoms with Gasteiger partial charge >= 0.3 is 0 Å². The maximum absolute atomic E-state index is 11.3. The fraction of sp³-hybridized carbons (Fsp3) is 1.00. The molecule has 0 saturated heterocycles. The molecule has 2 aliphatic rings. The molecule has 2 saturated carbocycles. The van der Waals surface area contributed by atoms with Crippen LogP contribution in [0, 0.1) is 22.2 Å². The van der Waals surface area contributed by atoms with Gasteiger partial charge in [-0.25, -0.2) is 0 Å². The first kappa shape index (κ1) is 11.4. The summed E-state index contributed by atoms with van der Waals surface area (Å²) >= 11 is 0. The summed E-state index contributed by atoms with van der Waals surface area (Å²) in [6.07, 6.45) is 3.73. The highest BCUT2D eigenvalue weighted by Crippen LogP contribution is 2.72. The molecule has 0 aromatic heterocycles. The average Bonchev–Trinajstić information content (AvgIpc) is 2.50. The van der Waals surface area contributed by atoms with Crippen molar-refractivity contribution in [2.75, 3.05) is 0 Å². The van der Waals surface area contributed by atoms with Crippen LogP contribution in [0.3, 0.4) is 0 Å². The molecule has 15 heavy (non-hydrogen) atoms. The number of aliphatic hydroxyl groups is 1. The first-order chi connectivity index (χ1) is 6.56.